The summed E-state index contributed by atoms with van der Waals surface area (Å²) in [4.78, 5) is 105. The molecule has 5 heterocycles. The van der Waals surface area contributed by atoms with Crippen molar-refractivity contribution >= 4 is 133 Å². The predicted molar refractivity (Wildman–Crippen MR) is 320 cm³/mol. The van der Waals surface area contributed by atoms with E-state index in [1.54, 1.807) is 141 Å². The van der Waals surface area contributed by atoms with Crippen molar-refractivity contribution in [2.75, 3.05) is 13.1 Å². The first-order chi connectivity index (χ1) is 41.3. The van der Waals surface area contributed by atoms with Gasteiger partial charge in [0.15, 0.2) is 21.2 Å². The topological polar surface area (TPSA) is 266 Å². The van der Waals surface area contributed by atoms with Crippen LogP contribution in [-0.4, -0.2) is 68.7 Å². The van der Waals surface area contributed by atoms with Crippen molar-refractivity contribution in [3.63, 3.8) is 0 Å². The molecule has 0 N–H and O–H groups in total. The summed E-state index contributed by atoms with van der Waals surface area (Å²) >= 11 is 4.92. The molecule has 0 radical (unpaired) electrons. The Balaban J connectivity index is 1.19. The number of thiophene rings is 3. The van der Waals surface area contributed by atoms with Crippen LogP contribution in [0.25, 0.3) is 24.4 Å². The van der Waals surface area contributed by atoms with Crippen molar-refractivity contribution in [2.45, 2.75) is 45.7 Å². The molecule has 3 aromatic heterocycles. The SMILES string of the molecule is CCN1C(=O)C(=NC2=CC3=C(c4sc5c(sc6cc(N=C7SC(=C(C#N)C#N)N(CC)C7=O)sc65)c4C3(C(=O)OCc3ccccc3)C(=O)OCc3ccccc3)C2(C(=O)OCc2ccccc2)C(=O)OCc2ccccc2)SC1=C(C#N)C#N. The lowest BCUT2D eigenvalue weighted by atomic mass is 9.77. The summed E-state index contributed by atoms with van der Waals surface area (Å²) in [6.45, 7) is 1.93. The Morgan fingerprint density at radius 2 is 0.918 bits per heavy atom. The molecule has 2 amide bonds. The number of rotatable bonds is 16. The van der Waals surface area contributed by atoms with Gasteiger partial charge in [-0.15, -0.1) is 34.0 Å². The van der Waals surface area contributed by atoms with Gasteiger partial charge in [0.2, 0.25) is 10.8 Å². The third kappa shape index (κ3) is 9.87. The number of ether oxygens (including phenoxy) is 4. The summed E-state index contributed by atoms with van der Waals surface area (Å²) in [7, 11) is 0. The van der Waals surface area contributed by atoms with Crippen LogP contribution in [0, 0.1) is 50.7 Å². The second-order valence-corrected chi connectivity index (χ2v) is 23.9. The van der Waals surface area contributed by atoms with E-state index in [-0.39, 0.29) is 73.6 Å². The Morgan fingerprint density at radius 1 is 0.518 bits per heavy atom. The number of carbonyl (C=O) groups excluding carboxylic acids is 6. The average molecular weight is 1220 g/mol. The van der Waals surface area contributed by atoms with Gasteiger partial charge in [-0.05, 0) is 77.3 Å². The zero-order chi connectivity index (χ0) is 59.6. The number of esters is 4. The Bertz CT molecular complexity index is 4220. The van der Waals surface area contributed by atoms with Crippen LogP contribution in [0.3, 0.4) is 0 Å². The lowest BCUT2D eigenvalue weighted by Crippen LogP contribution is -2.46. The predicted octanol–water partition coefficient (Wildman–Crippen LogP) is 11.2. The molecule has 23 heteroatoms. The molecule has 85 heavy (non-hydrogen) atoms. The van der Waals surface area contributed by atoms with Gasteiger partial charge in [-0.2, -0.15) is 21.0 Å². The maximum absolute atomic E-state index is 16.1. The average Bonchev–Trinajstić information content (AvgIpc) is 1.50. The highest BCUT2D eigenvalue weighted by Crippen LogP contribution is 2.67. The Labute approximate surface area is 505 Å². The molecule has 2 fully saturated rings. The summed E-state index contributed by atoms with van der Waals surface area (Å²) in [5, 5.41) is 39.6. The lowest BCUT2D eigenvalue weighted by Gasteiger charge is -2.29. The highest BCUT2D eigenvalue weighted by atomic mass is 32.2. The second kappa shape index (κ2) is 23.9. The summed E-state index contributed by atoms with van der Waals surface area (Å²) in [6, 6.07) is 43.7. The minimum atomic E-state index is -2.87. The second-order valence-electron chi connectivity index (χ2n) is 18.9. The molecule has 11 rings (SSSR count). The van der Waals surface area contributed by atoms with Gasteiger partial charge in [-0.3, -0.25) is 38.6 Å². The number of hydrogen-bond acceptors (Lipinski definition) is 21. The highest BCUT2D eigenvalue weighted by molar-refractivity contribution is 8.20. The van der Waals surface area contributed by atoms with E-state index in [2.05, 4.69) is 0 Å². The van der Waals surface area contributed by atoms with E-state index in [0.717, 1.165) is 50.7 Å². The van der Waals surface area contributed by atoms with E-state index >= 15 is 19.2 Å². The molecule has 2 aliphatic carbocycles. The fraction of sp³-hybridized carbons (Fsp3) is 0.161. The molecule has 0 bridgehead atoms. The number of amides is 2. The van der Waals surface area contributed by atoms with Gasteiger partial charge in [0.1, 0.15) is 65.8 Å². The van der Waals surface area contributed by atoms with E-state index in [1.807, 2.05) is 24.3 Å². The van der Waals surface area contributed by atoms with Crippen LogP contribution >= 0.6 is 57.5 Å². The number of benzene rings is 4. The molecule has 0 spiro atoms. The molecule has 0 atom stereocenters. The molecule has 2 saturated heterocycles. The third-order valence-electron chi connectivity index (χ3n) is 14.0. The van der Waals surface area contributed by atoms with Crippen molar-refractivity contribution < 1.29 is 47.7 Å². The van der Waals surface area contributed by atoms with Gasteiger partial charge >= 0.3 is 23.9 Å². The van der Waals surface area contributed by atoms with Crippen LogP contribution in [0.5, 0.6) is 0 Å². The Kier molecular flexibility index (Phi) is 16.0. The van der Waals surface area contributed by atoms with Gasteiger partial charge in [-0.25, -0.2) is 9.98 Å². The molecule has 2 aliphatic heterocycles. The third-order valence-corrected chi connectivity index (χ3v) is 20.0. The van der Waals surface area contributed by atoms with Crippen LogP contribution in [0.1, 0.15) is 46.5 Å². The van der Waals surface area contributed by atoms with Crippen molar-refractivity contribution in [2.24, 2.45) is 15.4 Å². The number of aliphatic imine (C=N–C) groups is 2. The number of carbonyl (C=O) groups is 6. The summed E-state index contributed by atoms with van der Waals surface area (Å²) < 4.78 is 27.0. The van der Waals surface area contributed by atoms with Crippen molar-refractivity contribution in [1.82, 2.24) is 9.80 Å². The molecular formula is C62H40N8O10S5. The number of hydrogen-bond donors (Lipinski definition) is 0. The number of nitriles is 4. The maximum atomic E-state index is 16.1. The van der Waals surface area contributed by atoms with Crippen LogP contribution in [0.15, 0.2) is 176 Å². The molecule has 0 unspecified atom stereocenters. The van der Waals surface area contributed by atoms with Crippen molar-refractivity contribution in [1.29, 1.82) is 21.0 Å². The molecule has 4 aliphatic rings. The summed E-state index contributed by atoms with van der Waals surface area (Å²) in [5.74, 6) is -6.15. The van der Waals surface area contributed by atoms with E-state index in [0.29, 0.717) is 57.8 Å². The fourth-order valence-electron chi connectivity index (χ4n) is 10.1. The highest BCUT2D eigenvalue weighted by Gasteiger charge is 2.71. The fourth-order valence-corrected chi connectivity index (χ4v) is 16.6. The number of thioether (sulfide) groups is 2. The van der Waals surface area contributed by atoms with E-state index in [1.165, 1.54) is 11.0 Å². The number of allylic oxidation sites excluding steroid dienone is 3. The lowest BCUT2D eigenvalue weighted by molar-refractivity contribution is -0.167. The number of fused-ring (bicyclic) bond motifs is 6. The van der Waals surface area contributed by atoms with Gasteiger partial charge in [0, 0.05) is 33.8 Å². The quantitative estimate of drug-likeness (QED) is 0.0377. The first kappa shape index (κ1) is 57.1. The zero-order valence-electron chi connectivity index (χ0n) is 44.6. The van der Waals surface area contributed by atoms with E-state index in [9.17, 15) is 30.6 Å². The van der Waals surface area contributed by atoms with Crippen LogP contribution in [0.2, 0.25) is 0 Å². The largest absolute Gasteiger partial charge is 0.459 e. The van der Waals surface area contributed by atoms with Gasteiger partial charge in [-0.1, -0.05) is 121 Å². The van der Waals surface area contributed by atoms with Crippen LogP contribution in [0.4, 0.5) is 5.00 Å². The summed E-state index contributed by atoms with van der Waals surface area (Å²) in [6.07, 6.45) is 1.23. The molecule has 418 valence electrons. The van der Waals surface area contributed by atoms with E-state index in [4.69, 9.17) is 28.9 Å². The van der Waals surface area contributed by atoms with E-state index < -0.39 is 71.0 Å². The minimum Gasteiger partial charge on any atom is -0.459 e. The van der Waals surface area contributed by atoms with Gasteiger partial charge < -0.3 is 18.9 Å². The Morgan fingerprint density at radius 3 is 1.32 bits per heavy atom. The monoisotopic (exact) mass is 1220 g/mol. The molecule has 0 saturated carbocycles. The number of nitrogens with zero attached hydrogens (tertiary/aromatic N) is 8. The minimum absolute atomic E-state index is 0.00819. The maximum Gasteiger partial charge on any atom is 0.334 e. The first-order valence-corrected chi connectivity index (χ1v) is 30.0. The normalized spacial score (nSPS) is 16.4. The van der Waals surface area contributed by atoms with Crippen molar-refractivity contribution in [3.05, 3.63) is 199 Å². The molecular weight excluding hydrogens is 1180 g/mol. The van der Waals surface area contributed by atoms with Crippen LogP contribution in [-0.2, 0) is 79.6 Å². The van der Waals surface area contributed by atoms with Crippen molar-refractivity contribution in [3.8, 4) is 24.3 Å². The zero-order valence-corrected chi connectivity index (χ0v) is 48.7. The smallest absolute Gasteiger partial charge is 0.334 e. The standard InChI is InChI=1S/C62H40N8O10S5/c1-3-69-53(71)51(84-55(69)39(27-63)28-64)67-43-25-41-45(62(43,59(75)79-33-37-21-13-7-14-22-37)60(76)80-34-38-23-15-8-16-24-38)48-46(61(41,57(73)77-31-35-17-9-5-10-18-35)58(74)78-32-36-19-11-6-12-20-36)49-50(83-48)47-42(81-49)26-44(82-47)68-52-54(72)70(4-2)56(85-52)40(29-65)30-66/h5-26H,3-4,31-34H2,1-2H3. The Hall–Kier alpha value is -9.72. The van der Waals surface area contributed by atoms with Gasteiger partial charge in [0.05, 0.1) is 19.8 Å². The van der Waals surface area contributed by atoms with Crippen LogP contribution < -0.4 is 0 Å². The molecule has 7 aromatic rings. The first-order valence-electron chi connectivity index (χ1n) is 25.9. The molecule has 18 nitrogen and oxygen atoms in total. The molecule has 4 aromatic carbocycles. The van der Waals surface area contributed by atoms with Gasteiger partial charge in [0.25, 0.3) is 11.8 Å². The summed E-state index contributed by atoms with van der Waals surface area (Å²) in [5.41, 5.74) is -5.08.